The Labute approximate surface area is 334 Å². The number of hydrogen-bond acceptors (Lipinski definition) is 11. The molecule has 5 aliphatic carbocycles. The largest absolute Gasteiger partial charge is 0.392 e. The average molecular weight is 784 g/mol. The van der Waals surface area contributed by atoms with Gasteiger partial charge in [-0.1, -0.05) is 58.4 Å². The van der Waals surface area contributed by atoms with Gasteiger partial charge in [-0.15, -0.1) is 0 Å². The van der Waals surface area contributed by atoms with Crippen molar-refractivity contribution in [2.45, 2.75) is 184 Å². The number of Topliss-reactive ketones (excluding diaryl/α,β-unsaturated/α-hetero) is 1. The lowest BCUT2D eigenvalue weighted by atomic mass is 9.43. The maximum absolute atomic E-state index is 15.0. The highest BCUT2D eigenvalue weighted by Crippen LogP contribution is 2.71. The number of carbonyl (C=O) groups is 1. The fourth-order valence-corrected chi connectivity index (χ4v) is 13.6. The monoisotopic (exact) mass is 784 g/mol. The van der Waals surface area contributed by atoms with Crippen molar-refractivity contribution in [2.75, 3.05) is 13.2 Å². The molecule has 0 aromatic heterocycles. The first-order chi connectivity index (χ1) is 26.5. The Bertz CT molecular complexity index is 1550. The minimum absolute atomic E-state index is 0.111. The van der Waals surface area contributed by atoms with Gasteiger partial charge in [0.15, 0.2) is 5.78 Å². The average Bonchev–Trinajstić information content (AvgIpc) is 3.64. The smallest absolute Gasteiger partial charge is 0.182 e. The molecular formula is C45H73N3O8. The molecule has 11 heteroatoms. The molecule has 56 heavy (non-hydrogen) atoms. The van der Waals surface area contributed by atoms with Crippen LogP contribution in [0.1, 0.15) is 137 Å². The van der Waals surface area contributed by atoms with E-state index < -0.39 is 63.9 Å². The van der Waals surface area contributed by atoms with E-state index >= 15 is 4.79 Å². The number of unbranched alkanes of at least 4 members (excludes halogenated alkanes) is 3. The number of rotatable bonds is 13. The minimum Gasteiger partial charge on any atom is -0.392 e. The first-order valence-corrected chi connectivity index (χ1v) is 22.3. The number of ketones is 1. The number of hydrogen-bond donors (Lipinski definition) is 9. The molecule has 2 heterocycles. The summed E-state index contributed by atoms with van der Waals surface area (Å²) in [5.74, 6) is -1.08. The molecule has 7 rings (SSSR count). The van der Waals surface area contributed by atoms with Gasteiger partial charge in [0.2, 0.25) is 0 Å². The van der Waals surface area contributed by atoms with Crippen LogP contribution < -0.4 is 16.4 Å². The summed E-state index contributed by atoms with van der Waals surface area (Å²) < 4.78 is 6.58. The van der Waals surface area contributed by atoms with Crippen molar-refractivity contribution in [2.24, 2.45) is 46.2 Å². The third-order valence-electron chi connectivity index (χ3n) is 16.7. The summed E-state index contributed by atoms with van der Waals surface area (Å²) in [6.07, 6.45) is 14.6. The van der Waals surface area contributed by atoms with E-state index in [0.717, 1.165) is 37.7 Å². The molecule has 5 fully saturated rings. The predicted molar refractivity (Wildman–Crippen MR) is 214 cm³/mol. The molecule has 316 valence electrons. The normalized spacial score (nSPS) is 45.1. The molecule has 1 unspecified atom stereocenters. The van der Waals surface area contributed by atoms with Gasteiger partial charge < -0.3 is 51.7 Å². The van der Waals surface area contributed by atoms with Gasteiger partial charge in [0.05, 0.1) is 54.1 Å². The first kappa shape index (κ1) is 42.3. The Morgan fingerprint density at radius 3 is 2.57 bits per heavy atom. The van der Waals surface area contributed by atoms with Gasteiger partial charge in [-0.3, -0.25) is 4.79 Å². The predicted octanol–water partition coefficient (Wildman–Crippen LogP) is 4.24. The summed E-state index contributed by atoms with van der Waals surface area (Å²) >= 11 is 0. The zero-order valence-corrected chi connectivity index (χ0v) is 34.5. The van der Waals surface area contributed by atoms with Crippen molar-refractivity contribution in [1.82, 2.24) is 10.6 Å². The summed E-state index contributed by atoms with van der Waals surface area (Å²) in [6, 6.07) is 0. The van der Waals surface area contributed by atoms with E-state index in [1.807, 2.05) is 25.3 Å². The van der Waals surface area contributed by atoms with Crippen LogP contribution in [0.2, 0.25) is 0 Å². The highest BCUT2D eigenvalue weighted by atomic mass is 16.5. The molecule has 0 bridgehead atoms. The minimum atomic E-state index is -1.60. The Kier molecular flexibility index (Phi) is 12.1. The van der Waals surface area contributed by atoms with Gasteiger partial charge in [-0.2, -0.15) is 0 Å². The number of ether oxygens (including phenoxy) is 1. The Morgan fingerprint density at radius 1 is 1.07 bits per heavy atom. The number of aliphatic hydroxyl groups is 6. The molecule has 15 atom stereocenters. The van der Waals surface area contributed by atoms with E-state index in [1.54, 1.807) is 13.8 Å². The van der Waals surface area contributed by atoms with E-state index in [0.29, 0.717) is 68.7 Å². The summed E-state index contributed by atoms with van der Waals surface area (Å²) in [5.41, 5.74) is 1.71. The van der Waals surface area contributed by atoms with Crippen LogP contribution in [0.15, 0.2) is 35.2 Å². The first-order valence-electron chi connectivity index (χ1n) is 22.3. The molecule has 0 radical (unpaired) electrons. The third-order valence-corrected chi connectivity index (χ3v) is 16.7. The number of fused-ring (bicyclic) bond motifs is 6. The van der Waals surface area contributed by atoms with Gasteiger partial charge >= 0.3 is 0 Å². The fraction of sp³-hybridized carbons (Fsp3) is 0.844. The summed E-state index contributed by atoms with van der Waals surface area (Å²) in [5, 5.41) is 79.0. The summed E-state index contributed by atoms with van der Waals surface area (Å²) in [4.78, 5) is 15.0. The molecule has 11 nitrogen and oxygen atoms in total. The maximum atomic E-state index is 15.0. The second-order valence-electron chi connectivity index (χ2n) is 19.8. The summed E-state index contributed by atoms with van der Waals surface area (Å²) in [7, 11) is 0. The Hall–Kier alpha value is -1.83. The van der Waals surface area contributed by atoms with Gasteiger partial charge in [0, 0.05) is 24.1 Å². The topological polar surface area (TPSA) is 198 Å². The van der Waals surface area contributed by atoms with Crippen LogP contribution in [-0.2, 0) is 9.53 Å². The quantitative estimate of drug-likeness (QED) is 0.121. The van der Waals surface area contributed by atoms with Crippen LogP contribution in [-0.4, -0.2) is 97.0 Å². The number of aliphatic hydroxyl groups excluding tert-OH is 3. The van der Waals surface area contributed by atoms with Crippen LogP contribution in [0, 0.1) is 40.4 Å². The molecular weight excluding hydrogens is 711 g/mol. The molecule has 10 N–H and O–H groups in total. The van der Waals surface area contributed by atoms with Gasteiger partial charge in [0.25, 0.3) is 0 Å². The molecule has 0 amide bonds. The van der Waals surface area contributed by atoms with Gasteiger partial charge in [0.1, 0.15) is 5.60 Å². The fourth-order valence-electron chi connectivity index (χ4n) is 13.6. The third kappa shape index (κ3) is 6.85. The second-order valence-corrected chi connectivity index (χ2v) is 19.8. The Morgan fingerprint density at radius 2 is 1.86 bits per heavy atom. The zero-order valence-electron chi connectivity index (χ0n) is 34.5. The van der Waals surface area contributed by atoms with Gasteiger partial charge in [-0.25, -0.2) is 0 Å². The SMILES string of the molecule is CCCCCC[C@@H]1CO[C@@H]2[C@H]1CCCC[C@]2(O)[C@](C)(O)[C@H]1CC[C@@]2(O)C3=C(NC[C@H](C)O)C(=O)[C@@H]4C[C@@H](O)[C@@H](O)C[C@]4(CCC4=CNC(N)C=C4)[C@H]3CC[C@]12C. The van der Waals surface area contributed by atoms with Crippen molar-refractivity contribution in [3.05, 3.63) is 35.2 Å². The number of nitrogens with two attached hydrogens (primary N) is 1. The van der Waals surface area contributed by atoms with E-state index in [2.05, 4.69) is 17.6 Å². The van der Waals surface area contributed by atoms with E-state index in [-0.39, 0.29) is 43.2 Å². The Balaban J connectivity index is 1.26. The van der Waals surface area contributed by atoms with Crippen LogP contribution >= 0.6 is 0 Å². The van der Waals surface area contributed by atoms with Crippen molar-refractivity contribution >= 4 is 5.78 Å². The van der Waals surface area contributed by atoms with E-state index in [9.17, 15) is 30.6 Å². The standard InChI is InChI=1S/C45H73N3O8/c1-5-6-7-8-11-29-26-56-40-30(29)12-9-10-18-45(40,55)42(4,53)35-17-21-44(54)37-31(16-19-41(35,44)3)43(20-15-28-13-14-36(46)47-25-28)23-34(51)33(50)22-32(43)39(52)38(37)48-24-27(2)49/h13-14,25,27,29-36,40,47-51,53-55H,5-12,15-24,26,46H2,1-4H3/t27-,29+,30-,31-,32-,33+,34-,35-,36?,40+,41+,42+,43+,44+,45+/m0/s1. The van der Waals surface area contributed by atoms with Crippen LogP contribution in [0.4, 0.5) is 0 Å². The van der Waals surface area contributed by atoms with Crippen molar-refractivity contribution < 1.29 is 40.2 Å². The van der Waals surface area contributed by atoms with Crippen LogP contribution in [0.25, 0.3) is 0 Å². The van der Waals surface area contributed by atoms with E-state index in [1.165, 1.54) is 19.3 Å². The molecule has 0 spiro atoms. The molecule has 2 aliphatic heterocycles. The number of carbonyl (C=O) groups excluding carboxylic acids is 1. The molecule has 0 aromatic carbocycles. The lowest BCUT2D eigenvalue weighted by Crippen LogP contribution is -2.69. The van der Waals surface area contributed by atoms with Crippen LogP contribution in [0.5, 0.6) is 0 Å². The highest BCUT2D eigenvalue weighted by Gasteiger charge is 2.73. The molecule has 7 aliphatic rings. The lowest BCUT2D eigenvalue weighted by Gasteiger charge is -2.63. The number of nitrogens with one attached hydrogen (secondary N) is 2. The molecule has 4 saturated carbocycles. The van der Waals surface area contributed by atoms with Gasteiger partial charge in [-0.05, 0) is 131 Å². The van der Waals surface area contributed by atoms with Crippen LogP contribution in [0.3, 0.4) is 0 Å². The maximum Gasteiger partial charge on any atom is 0.182 e. The zero-order chi connectivity index (χ0) is 40.3. The van der Waals surface area contributed by atoms with E-state index in [4.69, 9.17) is 10.5 Å². The number of allylic oxidation sites excluding steroid dienone is 3. The van der Waals surface area contributed by atoms with Crippen molar-refractivity contribution in [1.29, 1.82) is 0 Å². The second kappa shape index (κ2) is 16.0. The lowest BCUT2D eigenvalue weighted by molar-refractivity contribution is -0.248. The van der Waals surface area contributed by atoms with Crippen molar-refractivity contribution in [3.63, 3.8) is 0 Å². The highest BCUT2D eigenvalue weighted by molar-refractivity contribution is 6.00. The molecule has 0 aromatic rings. The molecule has 1 saturated heterocycles. The number of dihydropyridines is 1. The van der Waals surface area contributed by atoms with Crippen molar-refractivity contribution in [3.8, 4) is 0 Å². The summed E-state index contributed by atoms with van der Waals surface area (Å²) in [6.45, 7) is 8.42.